The largest absolute Gasteiger partial charge is 0.466 e. The summed E-state index contributed by atoms with van der Waals surface area (Å²) in [6, 6.07) is 1.23. The maximum atomic E-state index is 12.1. The Kier molecular flexibility index (Phi) is 4.49. The zero-order valence-electron chi connectivity index (χ0n) is 11.4. The molecule has 0 radical (unpaired) electrons. The van der Waals surface area contributed by atoms with E-state index < -0.39 is 12.0 Å². The molecule has 1 aliphatic heterocycles. The highest BCUT2D eigenvalue weighted by molar-refractivity contribution is 9.10. The fraction of sp³-hybridized carbons (Fsp3) is 0.385. The number of esters is 1. The van der Waals surface area contributed by atoms with E-state index in [0.29, 0.717) is 17.8 Å². The zero-order chi connectivity index (χ0) is 14.9. The van der Waals surface area contributed by atoms with Gasteiger partial charge in [0.1, 0.15) is 0 Å². The van der Waals surface area contributed by atoms with Gasteiger partial charge in [0.25, 0.3) is 0 Å². The molecule has 0 fully saturated rings. The summed E-state index contributed by atoms with van der Waals surface area (Å²) in [5.41, 5.74) is 1.11. The number of methoxy groups -OCH3 is 1. The van der Waals surface area contributed by atoms with Gasteiger partial charge in [-0.2, -0.15) is 0 Å². The summed E-state index contributed by atoms with van der Waals surface area (Å²) in [5, 5.41) is 4.78. The van der Waals surface area contributed by atoms with Crippen molar-refractivity contribution in [1.82, 2.24) is 10.2 Å². The average molecular weight is 359 g/mol. The number of amides is 2. The van der Waals surface area contributed by atoms with E-state index in [4.69, 9.17) is 4.74 Å². The number of allylic oxidation sites excluding steroid dienone is 1. The molecule has 0 saturated carbocycles. The summed E-state index contributed by atoms with van der Waals surface area (Å²) in [7, 11) is 1.34. The summed E-state index contributed by atoms with van der Waals surface area (Å²) in [5.74, 6) is -0.421. The van der Waals surface area contributed by atoms with E-state index >= 15 is 0 Å². The lowest BCUT2D eigenvalue weighted by molar-refractivity contribution is -0.136. The summed E-state index contributed by atoms with van der Waals surface area (Å²) in [6.45, 7) is 4.13. The van der Waals surface area contributed by atoms with Gasteiger partial charge in [0.2, 0.25) is 0 Å². The molecule has 1 aromatic heterocycles. The molecule has 0 spiro atoms. The molecule has 20 heavy (non-hydrogen) atoms. The third kappa shape index (κ3) is 2.60. The molecule has 0 bridgehead atoms. The quantitative estimate of drug-likeness (QED) is 0.844. The standard InChI is InChI=1S/C13H15BrN2O3S/c1-4-16-7(2)10(12(17)19-3)11(15-13(16)18)9-5-8(14)6-20-9/h5-6,11H,4H2,1-3H3,(H,15,18)/t11-/m0/s1. The lowest BCUT2D eigenvalue weighted by Crippen LogP contribution is -2.47. The number of hydrogen-bond acceptors (Lipinski definition) is 4. The van der Waals surface area contributed by atoms with Crippen molar-refractivity contribution < 1.29 is 14.3 Å². The third-order valence-corrected chi connectivity index (χ3v) is 4.95. The fourth-order valence-electron chi connectivity index (χ4n) is 2.23. The van der Waals surface area contributed by atoms with Crippen molar-refractivity contribution >= 4 is 39.3 Å². The SMILES string of the molecule is CCN1C(=O)N[C@@H](c2cc(Br)cs2)C(C(=O)OC)=C1C. The number of carbonyl (C=O) groups excluding carboxylic acids is 2. The highest BCUT2D eigenvalue weighted by Crippen LogP contribution is 2.35. The number of halogens is 1. The summed E-state index contributed by atoms with van der Waals surface area (Å²) >= 11 is 4.86. The number of urea groups is 1. The van der Waals surface area contributed by atoms with Crippen LogP contribution in [0.5, 0.6) is 0 Å². The zero-order valence-corrected chi connectivity index (χ0v) is 13.8. The van der Waals surface area contributed by atoms with Crippen LogP contribution in [0.15, 0.2) is 27.2 Å². The maximum Gasteiger partial charge on any atom is 0.338 e. The van der Waals surface area contributed by atoms with Crippen molar-refractivity contribution in [2.24, 2.45) is 0 Å². The van der Waals surface area contributed by atoms with Crippen molar-refractivity contribution in [3.63, 3.8) is 0 Å². The molecule has 0 saturated heterocycles. The minimum absolute atomic E-state index is 0.202. The van der Waals surface area contributed by atoms with E-state index in [0.717, 1.165) is 9.35 Å². The highest BCUT2D eigenvalue weighted by Gasteiger charge is 2.36. The monoisotopic (exact) mass is 358 g/mol. The molecular weight excluding hydrogens is 344 g/mol. The molecule has 1 aliphatic rings. The second-order valence-corrected chi connectivity index (χ2v) is 6.14. The van der Waals surface area contributed by atoms with Crippen LogP contribution in [0, 0.1) is 0 Å². The molecule has 1 N–H and O–H groups in total. The second kappa shape index (κ2) is 5.97. The van der Waals surface area contributed by atoms with E-state index in [-0.39, 0.29) is 6.03 Å². The minimum atomic E-state index is -0.464. The average Bonchev–Trinajstić information content (AvgIpc) is 2.84. The Balaban J connectivity index is 2.52. The predicted molar refractivity (Wildman–Crippen MR) is 80.4 cm³/mol. The van der Waals surface area contributed by atoms with Gasteiger partial charge in [-0.3, -0.25) is 4.90 Å². The molecule has 0 aromatic carbocycles. The highest BCUT2D eigenvalue weighted by atomic mass is 79.9. The summed E-state index contributed by atoms with van der Waals surface area (Å²) in [4.78, 5) is 26.6. The van der Waals surface area contributed by atoms with Crippen LogP contribution >= 0.6 is 27.3 Å². The Labute approximate surface area is 129 Å². The first-order chi connectivity index (χ1) is 9.49. The van der Waals surface area contributed by atoms with Crippen LogP contribution in [0.1, 0.15) is 24.8 Å². The van der Waals surface area contributed by atoms with Gasteiger partial charge < -0.3 is 10.1 Å². The molecule has 1 atom stereocenters. The number of rotatable bonds is 3. The number of nitrogens with zero attached hydrogens (tertiary/aromatic N) is 1. The van der Waals surface area contributed by atoms with Gasteiger partial charge in [0.05, 0.1) is 18.7 Å². The Morgan fingerprint density at radius 3 is 2.80 bits per heavy atom. The molecule has 2 amide bonds. The smallest absolute Gasteiger partial charge is 0.338 e. The molecule has 108 valence electrons. The van der Waals surface area contributed by atoms with Crippen molar-refractivity contribution in [2.75, 3.05) is 13.7 Å². The number of thiophene rings is 1. The van der Waals surface area contributed by atoms with Crippen LogP contribution in [0.25, 0.3) is 0 Å². The number of carbonyl (C=O) groups is 2. The molecular formula is C13H15BrN2O3S. The van der Waals surface area contributed by atoms with Gasteiger partial charge in [0, 0.05) is 27.0 Å². The Morgan fingerprint density at radius 1 is 1.60 bits per heavy atom. The van der Waals surface area contributed by atoms with Crippen molar-refractivity contribution in [3.8, 4) is 0 Å². The van der Waals surface area contributed by atoms with Crippen LogP contribution in [0.2, 0.25) is 0 Å². The van der Waals surface area contributed by atoms with E-state index in [1.807, 2.05) is 18.4 Å². The van der Waals surface area contributed by atoms with Gasteiger partial charge >= 0.3 is 12.0 Å². The van der Waals surface area contributed by atoms with Gasteiger partial charge in [-0.1, -0.05) is 0 Å². The summed E-state index contributed by atoms with van der Waals surface area (Å²) in [6.07, 6.45) is 0. The first kappa shape index (κ1) is 15.1. The van der Waals surface area contributed by atoms with Gasteiger partial charge in [0.15, 0.2) is 0 Å². The maximum absolute atomic E-state index is 12.1. The fourth-order valence-corrected chi connectivity index (χ4v) is 3.73. The third-order valence-electron chi connectivity index (χ3n) is 3.19. The van der Waals surface area contributed by atoms with Crippen LogP contribution < -0.4 is 5.32 Å². The Bertz CT molecular complexity index is 582. The van der Waals surface area contributed by atoms with Crippen LogP contribution in [0.4, 0.5) is 4.79 Å². The first-order valence-corrected chi connectivity index (χ1v) is 7.77. The van der Waals surface area contributed by atoms with Crippen LogP contribution in [-0.4, -0.2) is 30.6 Å². The molecule has 7 heteroatoms. The van der Waals surface area contributed by atoms with E-state index in [9.17, 15) is 9.59 Å². The molecule has 1 aromatic rings. The van der Waals surface area contributed by atoms with Gasteiger partial charge in [-0.25, -0.2) is 9.59 Å². The number of hydrogen-bond donors (Lipinski definition) is 1. The lowest BCUT2D eigenvalue weighted by atomic mass is 10.0. The van der Waals surface area contributed by atoms with Crippen LogP contribution in [0.3, 0.4) is 0 Å². The van der Waals surface area contributed by atoms with Crippen molar-refractivity contribution in [3.05, 3.63) is 32.1 Å². The number of nitrogens with one attached hydrogen (secondary N) is 1. The first-order valence-electron chi connectivity index (χ1n) is 6.10. The molecule has 5 nitrogen and oxygen atoms in total. The van der Waals surface area contributed by atoms with E-state index in [1.54, 1.807) is 6.92 Å². The van der Waals surface area contributed by atoms with Crippen LogP contribution in [-0.2, 0) is 9.53 Å². The predicted octanol–water partition coefficient (Wildman–Crippen LogP) is 3.04. The topological polar surface area (TPSA) is 58.6 Å². The molecule has 2 heterocycles. The Morgan fingerprint density at radius 2 is 2.30 bits per heavy atom. The normalized spacial score (nSPS) is 19.1. The molecule has 0 unspecified atom stereocenters. The molecule has 0 aliphatic carbocycles. The Hall–Kier alpha value is -1.34. The van der Waals surface area contributed by atoms with Gasteiger partial charge in [-0.05, 0) is 35.8 Å². The molecule has 2 rings (SSSR count). The summed E-state index contributed by atoms with van der Waals surface area (Å²) < 4.78 is 5.79. The van der Waals surface area contributed by atoms with Crippen molar-refractivity contribution in [1.29, 1.82) is 0 Å². The minimum Gasteiger partial charge on any atom is -0.466 e. The van der Waals surface area contributed by atoms with E-state index in [2.05, 4.69) is 21.2 Å². The number of ether oxygens (including phenoxy) is 1. The van der Waals surface area contributed by atoms with Gasteiger partial charge in [-0.15, -0.1) is 11.3 Å². The second-order valence-electron chi connectivity index (χ2n) is 4.28. The van der Waals surface area contributed by atoms with E-state index in [1.165, 1.54) is 23.3 Å². The lowest BCUT2D eigenvalue weighted by Gasteiger charge is -2.34. The van der Waals surface area contributed by atoms with Crippen molar-refractivity contribution in [2.45, 2.75) is 19.9 Å².